The zero-order valence-electron chi connectivity index (χ0n) is 7.52. The maximum absolute atomic E-state index is 8.74. The van der Waals surface area contributed by atoms with Crippen LogP contribution >= 0.6 is 0 Å². The lowest BCUT2D eigenvalue weighted by Gasteiger charge is -2.02. The van der Waals surface area contributed by atoms with Crippen LogP contribution in [0.3, 0.4) is 0 Å². The summed E-state index contributed by atoms with van der Waals surface area (Å²) in [6.07, 6.45) is 1.91. The molecule has 0 bridgehead atoms. The number of nitriles is 1. The molecule has 0 aromatic heterocycles. The second kappa shape index (κ2) is 3.92. The van der Waals surface area contributed by atoms with E-state index >= 15 is 0 Å². The molecule has 12 heavy (non-hydrogen) atoms. The lowest BCUT2D eigenvalue weighted by molar-refractivity contribution is 1.08. The first kappa shape index (κ1) is 8.80. The SMILES string of the molecule is CCc1[c]cc(C#N)c(CC)c1. The Kier molecular flexibility index (Phi) is 2.88. The minimum absolute atomic E-state index is 0.759. The average Bonchev–Trinajstić information content (AvgIpc) is 2.16. The van der Waals surface area contributed by atoms with Gasteiger partial charge in [0.05, 0.1) is 11.6 Å². The number of rotatable bonds is 2. The number of benzene rings is 1. The molecule has 0 saturated heterocycles. The van der Waals surface area contributed by atoms with Crippen LogP contribution in [0.4, 0.5) is 0 Å². The van der Waals surface area contributed by atoms with Gasteiger partial charge in [-0.2, -0.15) is 5.26 Å². The van der Waals surface area contributed by atoms with E-state index in [0.717, 1.165) is 24.0 Å². The van der Waals surface area contributed by atoms with E-state index < -0.39 is 0 Å². The van der Waals surface area contributed by atoms with Crippen LogP contribution in [-0.2, 0) is 12.8 Å². The van der Waals surface area contributed by atoms with Crippen LogP contribution < -0.4 is 0 Å². The summed E-state index contributed by atoms with van der Waals surface area (Å²) < 4.78 is 0. The molecule has 0 N–H and O–H groups in total. The predicted molar refractivity (Wildman–Crippen MR) is 48.7 cm³/mol. The maximum atomic E-state index is 8.74. The molecule has 1 aromatic rings. The highest BCUT2D eigenvalue weighted by Crippen LogP contribution is 2.11. The average molecular weight is 158 g/mol. The minimum atomic E-state index is 0.759. The molecular formula is C11H12N. The fourth-order valence-corrected chi connectivity index (χ4v) is 1.19. The van der Waals surface area contributed by atoms with Gasteiger partial charge in [0.1, 0.15) is 0 Å². The van der Waals surface area contributed by atoms with Crippen LogP contribution in [0.2, 0.25) is 0 Å². The van der Waals surface area contributed by atoms with Crippen LogP contribution in [0.15, 0.2) is 12.1 Å². The highest BCUT2D eigenvalue weighted by Gasteiger charge is 1.99. The molecule has 0 saturated carbocycles. The molecule has 1 nitrogen and oxygen atoms in total. The van der Waals surface area contributed by atoms with Crippen molar-refractivity contribution in [2.75, 3.05) is 0 Å². The minimum Gasteiger partial charge on any atom is -0.192 e. The fraction of sp³-hybridized carbons (Fsp3) is 0.364. The van der Waals surface area contributed by atoms with Gasteiger partial charge in [0.2, 0.25) is 0 Å². The Labute approximate surface area is 73.6 Å². The van der Waals surface area contributed by atoms with Crippen LogP contribution in [-0.4, -0.2) is 0 Å². The van der Waals surface area contributed by atoms with E-state index in [-0.39, 0.29) is 0 Å². The largest absolute Gasteiger partial charge is 0.192 e. The van der Waals surface area contributed by atoms with Gasteiger partial charge in [-0.1, -0.05) is 19.9 Å². The quantitative estimate of drug-likeness (QED) is 0.648. The first-order valence-corrected chi connectivity index (χ1v) is 4.25. The third-order valence-electron chi connectivity index (χ3n) is 1.98. The molecule has 0 spiro atoms. The molecule has 0 aliphatic carbocycles. The lowest BCUT2D eigenvalue weighted by atomic mass is 10.0. The van der Waals surface area contributed by atoms with Crippen LogP contribution in [0.25, 0.3) is 0 Å². The predicted octanol–water partition coefficient (Wildman–Crippen LogP) is 2.48. The van der Waals surface area contributed by atoms with Gasteiger partial charge in [-0.25, -0.2) is 0 Å². The third-order valence-corrected chi connectivity index (χ3v) is 1.98. The fourth-order valence-electron chi connectivity index (χ4n) is 1.19. The van der Waals surface area contributed by atoms with Gasteiger partial charge in [0, 0.05) is 0 Å². The summed E-state index contributed by atoms with van der Waals surface area (Å²) >= 11 is 0. The van der Waals surface area contributed by atoms with Gasteiger partial charge < -0.3 is 0 Å². The Morgan fingerprint density at radius 2 is 2.17 bits per heavy atom. The van der Waals surface area contributed by atoms with E-state index in [1.165, 1.54) is 5.56 Å². The molecule has 61 valence electrons. The van der Waals surface area contributed by atoms with E-state index in [0.29, 0.717) is 0 Å². The molecule has 1 aromatic carbocycles. The van der Waals surface area contributed by atoms with Crippen LogP contribution in [0.5, 0.6) is 0 Å². The Balaban J connectivity index is 3.13. The molecule has 0 unspecified atom stereocenters. The molecule has 0 fully saturated rings. The number of aryl methyl sites for hydroxylation is 2. The Morgan fingerprint density at radius 3 is 2.67 bits per heavy atom. The normalized spacial score (nSPS) is 9.42. The van der Waals surface area contributed by atoms with Crippen molar-refractivity contribution >= 4 is 0 Å². The van der Waals surface area contributed by atoms with Crippen molar-refractivity contribution in [3.8, 4) is 6.07 Å². The van der Waals surface area contributed by atoms with Gasteiger partial charge in [0.15, 0.2) is 0 Å². The second-order valence-corrected chi connectivity index (χ2v) is 2.72. The number of hydrogen-bond donors (Lipinski definition) is 0. The maximum Gasteiger partial charge on any atom is 0.0994 e. The summed E-state index contributed by atoms with van der Waals surface area (Å²) in [6.45, 7) is 4.16. The molecule has 1 rings (SSSR count). The molecule has 0 aliphatic heterocycles. The Morgan fingerprint density at radius 1 is 1.42 bits per heavy atom. The van der Waals surface area contributed by atoms with Gasteiger partial charge in [0.25, 0.3) is 0 Å². The highest BCUT2D eigenvalue weighted by atomic mass is 14.2. The van der Waals surface area contributed by atoms with E-state index in [1.54, 1.807) is 6.07 Å². The molecule has 0 aliphatic rings. The van der Waals surface area contributed by atoms with E-state index in [4.69, 9.17) is 5.26 Å². The van der Waals surface area contributed by atoms with Crippen molar-refractivity contribution in [3.63, 3.8) is 0 Å². The molecule has 0 heterocycles. The standard InChI is InChI=1S/C11H12N/c1-3-9-5-6-11(8-12)10(4-2)7-9/h6-7H,3-4H2,1-2H3. The first-order chi connectivity index (χ1) is 5.81. The monoisotopic (exact) mass is 158 g/mol. The summed E-state index contributed by atoms with van der Waals surface area (Å²) in [5.74, 6) is 0. The Hall–Kier alpha value is -1.29. The summed E-state index contributed by atoms with van der Waals surface area (Å²) in [6, 6.07) is 9.11. The van der Waals surface area contributed by atoms with Crippen molar-refractivity contribution < 1.29 is 0 Å². The van der Waals surface area contributed by atoms with Crippen LogP contribution in [0, 0.1) is 17.4 Å². The summed E-state index contributed by atoms with van der Waals surface area (Å²) in [5, 5.41) is 8.74. The molecule has 0 amide bonds. The smallest absolute Gasteiger partial charge is 0.0994 e. The number of nitrogens with zero attached hydrogens (tertiary/aromatic N) is 1. The van der Waals surface area contributed by atoms with Gasteiger partial charge in [-0.05, 0) is 36.1 Å². The summed E-state index contributed by atoms with van der Waals surface area (Å²) in [4.78, 5) is 0. The highest BCUT2D eigenvalue weighted by molar-refractivity contribution is 5.39. The van der Waals surface area contributed by atoms with Crippen molar-refractivity contribution in [1.29, 1.82) is 5.26 Å². The van der Waals surface area contributed by atoms with Gasteiger partial charge >= 0.3 is 0 Å². The van der Waals surface area contributed by atoms with E-state index in [9.17, 15) is 0 Å². The van der Waals surface area contributed by atoms with Crippen molar-refractivity contribution in [2.45, 2.75) is 26.7 Å². The van der Waals surface area contributed by atoms with Gasteiger partial charge in [-0.3, -0.25) is 0 Å². The van der Waals surface area contributed by atoms with Crippen molar-refractivity contribution in [2.24, 2.45) is 0 Å². The summed E-state index contributed by atoms with van der Waals surface area (Å²) in [5.41, 5.74) is 3.08. The van der Waals surface area contributed by atoms with Crippen molar-refractivity contribution in [1.82, 2.24) is 0 Å². The molecule has 0 atom stereocenters. The third kappa shape index (κ3) is 1.65. The number of hydrogen-bond acceptors (Lipinski definition) is 1. The lowest BCUT2D eigenvalue weighted by Crippen LogP contribution is -1.90. The molecular weight excluding hydrogens is 146 g/mol. The zero-order chi connectivity index (χ0) is 8.97. The van der Waals surface area contributed by atoms with Crippen molar-refractivity contribution in [3.05, 3.63) is 34.9 Å². The van der Waals surface area contributed by atoms with Gasteiger partial charge in [-0.15, -0.1) is 0 Å². The topological polar surface area (TPSA) is 23.8 Å². The zero-order valence-corrected chi connectivity index (χ0v) is 7.52. The first-order valence-electron chi connectivity index (χ1n) is 4.25. The molecule has 1 heteroatoms. The van der Waals surface area contributed by atoms with E-state index in [2.05, 4.69) is 32.0 Å². The molecule has 1 radical (unpaired) electrons. The Bertz CT molecular complexity index is 307. The second-order valence-electron chi connectivity index (χ2n) is 2.72. The van der Waals surface area contributed by atoms with Crippen LogP contribution in [0.1, 0.15) is 30.5 Å². The van der Waals surface area contributed by atoms with E-state index in [1.807, 2.05) is 0 Å². The summed E-state index contributed by atoms with van der Waals surface area (Å²) in [7, 11) is 0.